The lowest BCUT2D eigenvalue weighted by Gasteiger charge is -2.56. The molecule has 0 aromatic carbocycles. The fraction of sp³-hybridized carbons (Fsp3) is 0.714. The lowest BCUT2D eigenvalue weighted by Crippen LogP contribution is -2.65. The number of aliphatic hydroxyl groups excluding tert-OH is 1. The molecule has 2 heterocycles. The number of esters is 4. The Morgan fingerprint density at radius 2 is 1.79 bits per heavy atom. The molecule has 10 heteroatoms. The zero-order valence-electron chi connectivity index (χ0n) is 23.0. The molecule has 38 heavy (non-hydrogen) atoms. The van der Waals surface area contributed by atoms with Crippen LogP contribution < -0.4 is 0 Å². The smallest absolute Gasteiger partial charge is 0.342 e. The van der Waals surface area contributed by atoms with Crippen molar-refractivity contribution in [3.63, 3.8) is 0 Å². The van der Waals surface area contributed by atoms with Gasteiger partial charge in [-0.3, -0.25) is 14.4 Å². The van der Waals surface area contributed by atoms with Gasteiger partial charge < -0.3 is 28.8 Å². The third-order valence-corrected chi connectivity index (χ3v) is 8.81. The standard InChI is InChI=1S/C28H38O10/c1-8-9-22(31)36-18-13-20(35-17(5)30)26(6)19(34-16(4)29)11-10-14(2)12-21-28(24(32)23(26)15(18)3)27(7,38-28)25(33)37-21/h10-12,15,18-21,23-24,32H,8-9,13H2,1-7H3/b11-10+,14-12-/t15-,18-,19-,20-,21-,23+,24-,26-,27-,28-/m0/s1. The zero-order valence-corrected chi connectivity index (χ0v) is 23.0. The minimum Gasteiger partial charge on any atom is -0.462 e. The topological polar surface area (TPSA) is 138 Å². The summed E-state index contributed by atoms with van der Waals surface area (Å²) in [5.41, 5.74) is -3.31. The normalized spacial score (nSPS) is 45.6. The first-order valence-corrected chi connectivity index (χ1v) is 13.2. The predicted octanol–water partition coefficient (Wildman–Crippen LogP) is 2.55. The van der Waals surface area contributed by atoms with Crippen LogP contribution in [0.2, 0.25) is 0 Å². The van der Waals surface area contributed by atoms with Crippen molar-refractivity contribution in [2.75, 3.05) is 0 Å². The number of hydrogen-bond donors (Lipinski definition) is 1. The number of fused-ring (bicyclic) bond motifs is 1. The minimum absolute atomic E-state index is 0.139. The first-order valence-electron chi connectivity index (χ1n) is 13.2. The molecule has 10 nitrogen and oxygen atoms in total. The number of allylic oxidation sites excluding steroid dienone is 2. The highest BCUT2D eigenvalue weighted by Crippen LogP contribution is 2.64. The summed E-state index contributed by atoms with van der Waals surface area (Å²) in [6, 6.07) is 0. The maximum atomic E-state index is 12.9. The Kier molecular flexibility index (Phi) is 7.29. The van der Waals surface area contributed by atoms with E-state index in [1.807, 2.05) is 13.8 Å². The molecule has 1 N–H and O–H groups in total. The Labute approximate surface area is 222 Å². The second-order valence-electron chi connectivity index (χ2n) is 11.4. The van der Waals surface area contributed by atoms with Crippen LogP contribution in [0.4, 0.5) is 0 Å². The van der Waals surface area contributed by atoms with E-state index in [-0.39, 0.29) is 12.8 Å². The van der Waals surface area contributed by atoms with Gasteiger partial charge >= 0.3 is 23.9 Å². The maximum absolute atomic E-state index is 12.9. The number of carbonyl (C=O) groups excluding carboxylic acids is 4. The summed E-state index contributed by atoms with van der Waals surface area (Å²) in [5.74, 6) is -3.43. The van der Waals surface area contributed by atoms with E-state index in [4.69, 9.17) is 23.7 Å². The van der Waals surface area contributed by atoms with Gasteiger partial charge in [-0.1, -0.05) is 32.4 Å². The van der Waals surface area contributed by atoms with Crippen molar-refractivity contribution >= 4 is 23.9 Å². The summed E-state index contributed by atoms with van der Waals surface area (Å²) < 4.78 is 29.2. The average molecular weight is 535 g/mol. The summed E-state index contributed by atoms with van der Waals surface area (Å²) in [6.07, 6.45) is 1.31. The second-order valence-corrected chi connectivity index (χ2v) is 11.4. The Balaban J connectivity index is 1.91. The summed E-state index contributed by atoms with van der Waals surface area (Å²) in [6.45, 7) is 11.4. The fourth-order valence-corrected chi connectivity index (χ4v) is 6.83. The molecule has 0 unspecified atom stereocenters. The van der Waals surface area contributed by atoms with Crippen LogP contribution in [0.25, 0.3) is 0 Å². The Morgan fingerprint density at radius 3 is 2.37 bits per heavy atom. The molecule has 0 aromatic rings. The molecule has 4 rings (SSSR count). The van der Waals surface area contributed by atoms with Crippen LogP contribution in [-0.4, -0.2) is 70.7 Å². The van der Waals surface area contributed by atoms with E-state index in [1.165, 1.54) is 13.8 Å². The van der Waals surface area contributed by atoms with E-state index < -0.39 is 82.8 Å². The van der Waals surface area contributed by atoms with Crippen molar-refractivity contribution in [2.24, 2.45) is 17.3 Å². The molecule has 3 fully saturated rings. The van der Waals surface area contributed by atoms with Gasteiger partial charge in [0.25, 0.3) is 0 Å². The highest BCUT2D eigenvalue weighted by molar-refractivity contribution is 5.89. The van der Waals surface area contributed by atoms with E-state index >= 15 is 0 Å². The second kappa shape index (κ2) is 9.79. The predicted molar refractivity (Wildman–Crippen MR) is 132 cm³/mol. The van der Waals surface area contributed by atoms with Crippen molar-refractivity contribution in [3.05, 3.63) is 23.8 Å². The zero-order chi connectivity index (χ0) is 28.2. The molecule has 10 atom stereocenters. The van der Waals surface area contributed by atoms with E-state index in [9.17, 15) is 24.3 Å². The van der Waals surface area contributed by atoms with Crippen molar-refractivity contribution in [2.45, 2.75) is 109 Å². The summed E-state index contributed by atoms with van der Waals surface area (Å²) in [5, 5.41) is 12.2. The van der Waals surface area contributed by atoms with Gasteiger partial charge in [-0.2, -0.15) is 0 Å². The molecule has 210 valence electrons. The van der Waals surface area contributed by atoms with Crippen LogP contribution in [0.3, 0.4) is 0 Å². The number of rotatable bonds is 5. The van der Waals surface area contributed by atoms with Gasteiger partial charge in [0.05, 0.1) is 11.5 Å². The van der Waals surface area contributed by atoms with E-state index in [1.54, 1.807) is 39.0 Å². The van der Waals surface area contributed by atoms with Crippen LogP contribution in [0.15, 0.2) is 23.8 Å². The third kappa shape index (κ3) is 4.25. The van der Waals surface area contributed by atoms with E-state index in [0.717, 1.165) is 0 Å². The van der Waals surface area contributed by atoms with Gasteiger partial charge in [0.15, 0.2) is 17.3 Å². The number of hydrogen-bond acceptors (Lipinski definition) is 10. The third-order valence-electron chi connectivity index (χ3n) is 8.81. The minimum atomic E-state index is -1.42. The van der Waals surface area contributed by atoms with Gasteiger partial charge in [0.1, 0.15) is 18.3 Å². The monoisotopic (exact) mass is 534 g/mol. The molecule has 0 radical (unpaired) electrons. The van der Waals surface area contributed by atoms with Gasteiger partial charge in [-0.15, -0.1) is 0 Å². The Morgan fingerprint density at radius 1 is 1.13 bits per heavy atom. The van der Waals surface area contributed by atoms with Crippen LogP contribution in [0, 0.1) is 17.3 Å². The summed E-state index contributed by atoms with van der Waals surface area (Å²) in [4.78, 5) is 50.0. The van der Waals surface area contributed by atoms with Gasteiger partial charge in [0, 0.05) is 32.6 Å². The van der Waals surface area contributed by atoms with Crippen LogP contribution in [-0.2, 0) is 42.9 Å². The molecular weight excluding hydrogens is 496 g/mol. The largest absolute Gasteiger partial charge is 0.462 e. The van der Waals surface area contributed by atoms with Crippen LogP contribution >= 0.6 is 0 Å². The van der Waals surface area contributed by atoms with Gasteiger partial charge in [-0.05, 0) is 38.3 Å². The fourth-order valence-electron chi connectivity index (χ4n) is 6.83. The van der Waals surface area contributed by atoms with E-state index in [2.05, 4.69) is 0 Å². The molecule has 2 aliphatic heterocycles. The molecule has 1 spiro atoms. The number of carbonyl (C=O) groups is 4. The van der Waals surface area contributed by atoms with Crippen molar-refractivity contribution in [1.82, 2.24) is 0 Å². The molecule has 0 amide bonds. The quantitative estimate of drug-likeness (QED) is 0.318. The molecule has 0 bridgehead atoms. The van der Waals surface area contributed by atoms with Gasteiger partial charge in [-0.25, -0.2) is 4.79 Å². The van der Waals surface area contributed by atoms with Crippen molar-refractivity contribution in [3.8, 4) is 0 Å². The SMILES string of the molecule is CCCC(=O)O[C@H]1C[C@H](OC(C)=O)[C@@]2(C)[C@H]([C@H]1C)[C@H](O)[C@]13O[C@@]1(C)C(=O)O[C@H]3/C=C(C)\C=C\[C@@H]2OC(C)=O. The Bertz CT molecular complexity index is 1080. The lowest BCUT2D eigenvalue weighted by molar-refractivity contribution is -0.223. The Hall–Kier alpha value is -2.72. The van der Waals surface area contributed by atoms with Crippen molar-refractivity contribution < 1.29 is 48.0 Å². The molecule has 2 saturated heterocycles. The first-order chi connectivity index (χ1) is 17.7. The highest BCUT2D eigenvalue weighted by atomic mass is 16.7. The number of aliphatic hydroxyl groups is 1. The van der Waals surface area contributed by atoms with Crippen molar-refractivity contribution in [1.29, 1.82) is 0 Å². The number of ether oxygens (including phenoxy) is 5. The molecule has 2 aliphatic carbocycles. The highest BCUT2D eigenvalue weighted by Gasteiger charge is 2.86. The number of epoxide rings is 1. The average Bonchev–Trinajstić information content (AvgIpc) is 3.40. The molecular formula is C28H38O10. The molecule has 4 aliphatic rings. The van der Waals surface area contributed by atoms with Crippen LogP contribution in [0.5, 0.6) is 0 Å². The molecule has 1 saturated carbocycles. The summed E-state index contributed by atoms with van der Waals surface area (Å²) >= 11 is 0. The maximum Gasteiger partial charge on any atom is 0.342 e. The lowest BCUT2D eigenvalue weighted by atomic mass is 9.53. The van der Waals surface area contributed by atoms with E-state index in [0.29, 0.717) is 12.0 Å². The summed E-state index contributed by atoms with van der Waals surface area (Å²) in [7, 11) is 0. The van der Waals surface area contributed by atoms with Crippen LogP contribution in [0.1, 0.15) is 67.7 Å². The first kappa shape index (κ1) is 28.3. The van der Waals surface area contributed by atoms with Gasteiger partial charge in [0.2, 0.25) is 0 Å². The molecule has 0 aromatic heterocycles.